The maximum Gasteiger partial charge on any atom is 2.00 e. The Labute approximate surface area is 213 Å². The first-order chi connectivity index (χ1) is 13.5. The molecule has 31 heavy (non-hydrogen) atoms. The molecule has 0 spiro atoms. The summed E-state index contributed by atoms with van der Waals surface area (Å²) in [4.78, 5) is 0. The van der Waals surface area contributed by atoms with Crippen molar-refractivity contribution < 1.29 is 41.6 Å². The van der Waals surface area contributed by atoms with Gasteiger partial charge in [0.2, 0.25) is 0 Å². The summed E-state index contributed by atoms with van der Waals surface area (Å²) in [7, 11) is 0. The Bertz CT molecular complexity index is 733. The molecule has 6 heteroatoms. The topological polar surface area (TPSA) is 36.1 Å². The second kappa shape index (κ2) is 16.7. The summed E-state index contributed by atoms with van der Waals surface area (Å²) in [6.07, 6.45) is 3.26. The molecule has 3 nitrogen and oxygen atoms in total. The molecule has 0 aromatic heterocycles. The van der Waals surface area contributed by atoms with Crippen molar-refractivity contribution in [3.05, 3.63) is 57.6 Å². The molecule has 0 bridgehead atoms. The van der Waals surface area contributed by atoms with E-state index in [1.165, 1.54) is 44.8 Å². The summed E-state index contributed by atoms with van der Waals surface area (Å²) in [5.74, 6) is 0. The summed E-state index contributed by atoms with van der Waals surface area (Å²) in [5, 5.41) is 10.8. The number of anilines is 2. The summed E-state index contributed by atoms with van der Waals surface area (Å²) in [6, 6.07) is 9.22. The summed E-state index contributed by atoms with van der Waals surface area (Å²) in [6.45, 7) is 17.1. The van der Waals surface area contributed by atoms with E-state index in [1.54, 1.807) is 0 Å². The Morgan fingerprint density at radius 1 is 0.613 bits per heavy atom. The van der Waals surface area contributed by atoms with Crippen molar-refractivity contribution >= 4 is 11.4 Å². The van der Waals surface area contributed by atoms with Crippen LogP contribution in [0.5, 0.6) is 0 Å². The van der Waals surface area contributed by atoms with Crippen LogP contribution in [0.25, 0.3) is 0 Å². The number of rotatable bonds is 11. The van der Waals surface area contributed by atoms with Crippen molar-refractivity contribution in [3.63, 3.8) is 0 Å². The van der Waals surface area contributed by atoms with Gasteiger partial charge in [0.1, 0.15) is 0 Å². The molecule has 2 aromatic carbocycles. The fraction of sp³-hybridized carbons (Fsp3) is 0.520. The first kappa shape index (κ1) is 32.3. The van der Waals surface area contributed by atoms with Crippen LogP contribution in [0, 0.1) is 20.8 Å². The first-order valence-corrected chi connectivity index (χ1v) is 10.9. The van der Waals surface area contributed by atoms with E-state index in [9.17, 15) is 0 Å². The fourth-order valence-corrected chi connectivity index (χ4v) is 3.96. The predicted molar refractivity (Wildman–Crippen MR) is 125 cm³/mol. The Morgan fingerprint density at radius 3 is 1.48 bits per heavy atom. The van der Waals surface area contributed by atoms with E-state index in [0.29, 0.717) is 0 Å². The van der Waals surface area contributed by atoms with Crippen LogP contribution in [0.3, 0.4) is 0 Å². The maximum atomic E-state index is 3.69. The van der Waals surface area contributed by atoms with E-state index < -0.39 is 0 Å². The molecule has 1 radical (unpaired) electrons. The molecule has 0 fully saturated rings. The van der Waals surface area contributed by atoms with Crippen molar-refractivity contribution in [2.75, 3.05) is 36.8 Å². The van der Waals surface area contributed by atoms with Gasteiger partial charge >= 0.3 is 16.8 Å². The molecule has 0 saturated heterocycles. The summed E-state index contributed by atoms with van der Waals surface area (Å²) < 4.78 is 0. The number of benzene rings is 2. The average molecular weight is 511 g/mol. The Morgan fingerprint density at radius 2 is 1.06 bits per heavy atom. The van der Waals surface area contributed by atoms with Crippen molar-refractivity contribution in [2.24, 2.45) is 0 Å². The van der Waals surface area contributed by atoms with Crippen LogP contribution in [0.2, 0.25) is 0 Å². The van der Waals surface area contributed by atoms with Gasteiger partial charge in [-0.2, -0.15) is 0 Å². The van der Waals surface area contributed by atoms with Gasteiger partial charge in [0.05, 0.1) is 0 Å². The van der Waals surface area contributed by atoms with Gasteiger partial charge in [-0.15, -0.1) is 0 Å². The van der Waals surface area contributed by atoms with Crippen LogP contribution in [0.4, 0.5) is 11.4 Å². The van der Waals surface area contributed by atoms with E-state index in [-0.39, 0.29) is 41.6 Å². The molecule has 0 aliphatic carbocycles. The summed E-state index contributed by atoms with van der Waals surface area (Å²) in [5.41, 5.74) is 11.0. The predicted octanol–water partition coefficient (Wildman–Crippen LogP) is -0.582. The molecule has 0 unspecified atom stereocenters. The third-order valence-corrected chi connectivity index (χ3v) is 5.42. The number of hydrogen-bond donors (Lipinski definition) is 3. The standard InChI is InChI=1S/C25H39N3.2ClH.Co/c1-7-21-16-22(8-2)25(23(9-3)17-21)28-13-11-26-10-12-27-24-19(5)14-18(4)15-20(24)6;;;/h14-17,26-28H,7-13H2,1-6H3;2*1H;/q;;;+2/p-2. The van der Waals surface area contributed by atoms with Crippen LogP contribution in [-0.2, 0) is 36.0 Å². The van der Waals surface area contributed by atoms with E-state index in [0.717, 1.165) is 45.4 Å². The SMILES string of the molecule is CCc1cc(CC)c(NCCNCCNc2c(C)cc(C)cc2C)c(CC)c1.[Cl-].[Cl-].[Co+2]. The van der Waals surface area contributed by atoms with E-state index in [4.69, 9.17) is 0 Å². The Balaban J connectivity index is 0. The van der Waals surface area contributed by atoms with Crippen molar-refractivity contribution in [2.45, 2.75) is 60.8 Å². The second-order valence-electron chi connectivity index (χ2n) is 7.73. The smallest absolute Gasteiger partial charge is 1.00 e. The van der Waals surface area contributed by atoms with Gasteiger partial charge in [0.15, 0.2) is 0 Å². The van der Waals surface area contributed by atoms with E-state index in [2.05, 4.69) is 81.8 Å². The normalized spacial score (nSPS) is 9.87. The van der Waals surface area contributed by atoms with Crippen LogP contribution in [0.15, 0.2) is 24.3 Å². The maximum absolute atomic E-state index is 3.69. The molecular weight excluding hydrogens is 472 g/mol. The molecule has 0 heterocycles. The molecular formula is C25H39Cl2CoN3. The minimum absolute atomic E-state index is 0. The van der Waals surface area contributed by atoms with Gasteiger partial charge in [-0.1, -0.05) is 50.6 Å². The van der Waals surface area contributed by atoms with Gasteiger partial charge in [0, 0.05) is 37.6 Å². The van der Waals surface area contributed by atoms with Crippen molar-refractivity contribution in [3.8, 4) is 0 Å². The minimum Gasteiger partial charge on any atom is -1.00 e. The fourth-order valence-electron chi connectivity index (χ4n) is 3.96. The molecule has 0 saturated carbocycles. The second-order valence-corrected chi connectivity index (χ2v) is 7.73. The molecule has 0 amide bonds. The van der Waals surface area contributed by atoms with Gasteiger partial charge in [-0.25, -0.2) is 0 Å². The average Bonchev–Trinajstić information content (AvgIpc) is 2.68. The van der Waals surface area contributed by atoms with Crippen molar-refractivity contribution in [1.82, 2.24) is 5.32 Å². The largest absolute Gasteiger partial charge is 2.00 e. The van der Waals surface area contributed by atoms with E-state index in [1.807, 2.05) is 0 Å². The zero-order valence-corrected chi connectivity index (χ0v) is 22.4. The molecule has 0 aliphatic heterocycles. The Kier molecular flexibility index (Phi) is 17.4. The number of hydrogen-bond acceptors (Lipinski definition) is 3. The van der Waals surface area contributed by atoms with Gasteiger partial charge in [-0.05, 0) is 67.9 Å². The molecule has 2 rings (SSSR count). The quantitative estimate of drug-likeness (QED) is 0.354. The van der Waals surface area contributed by atoms with Gasteiger partial charge in [0.25, 0.3) is 0 Å². The number of aryl methyl sites for hydroxylation is 6. The molecule has 0 aliphatic rings. The molecule has 3 N–H and O–H groups in total. The van der Waals surface area contributed by atoms with Gasteiger partial charge < -0.3 is 40.8 Å². The minimum atomic E-state index is 0. The third-order valence-electron chi connectivity index (χ3n) is 5.42. The van der Waals surface area contributed by atoms with E-state index >= 15 is 0 Å². The van der Waals surface area contributed by atoms with Crippen LogP contribution >= 0.6 is 0 Å². The first-order valence-electron chi connectivity index (χ1n) is 10.9. The zero-order chi connectivity index (χ0) is 20.5. The molecule has 177 valence electrons. The van der Waals surface area contributed by atoms with Crippen LogP contribution < -0.4 is 40.8 Å². The monoisotopic (exact) mass is 510 g/mol. The van der Waals surface area contributed by atoms with Crippen LogP contribution in [-0.4, -0.2) is 26.2 Å². The Hall–Kier alpha value is -0.914. The van der Waals surface area contributed by atoms with Gasteiger partial charge in [-0.3, -0.25) is 0 Å². The number of nitrogens with one attached hydrogen (secondary N) is 3. The van der Waals surface area contributed by atoms with Crippen molar-refractivity contribution in [1.29, 1.82) is 0 Å². The van der Waals surface area contributed by atoms with Crippen LogP contribution in [0.1, 0.15) is 54.2 Å². The molecule has 0 atom stereocenters. The third kappa shape index (κ3) is 9.63. The molecule has 2 aromatic rings. The number of halogens is 2. The zero-order valence-electron chi connectivity index (χ0n) is 19.8. The summed E-state index contributed by atoms with van der Waals surface area (Å²) >= 11 is 0.